The van der Waals surface area contributed by atoms with Gasteiger partial charge in [0.15, 0.2) is 0 Å². The van der Waals surface area contributed by atoms with Gasteiger partial charge in [-0.2, -0.15) is 0 Å². The maximum Gasteiger partial charge on any atom is 0.0719 e. The minimum atomic E-state index is -0.0211. The van der Waals surface area contributed by atoms with Gasteiger partial charge in [-0.15, -0.1) is 11.3 Å². The van der Waals surface area contributed by atoms with Crippen LogP contribution in [0.15, 0.2) is 115 Å². The third-order valence-corrected chi connectivity index (χ3v) is 10.5. The zero-order valence-corrected chi connectivity index (χ0v) is 22.8. The lowest BCUT2D eigenvalue weighted by Gasteiger charge is -2.24. The Kier molecular flexibility index (Phi) is 4.18. The van der Waals surface area contributed by atoms with Crippen molar-refractivity contribution in [2.24, 2.45) is 11.8 Å². The second kappa shape index (κ2) is 7.49. The van der Waals surface area contributed by atoms with Crippen LogP contribution in [0, 0.1) is 11.8 Å². The topological polar surface area (TPSA) is 4.93 Å². The van der Waals surface area contributed by atoms with E-state index in [-0.39, 0.29) is 5.41 Å². The van der Waals surface area contributed by atoms with Crippen LogP contribution in [-0.2, 0) is 5.41 Å². The summed E-state index contributed by atoms with van der Waals surface area (Å²) in [5.41, 5.74) is 9.53. The van der Waals surface area contributed by atoms with Crippen LogP contribution in [0.25, 0.3) is 58.8 Å². The fourth-order valence-corrected chi connectivity index (χ4v) is 8.68. The van der Waals surface area contributed by atoms with Crippen LogP contribution in [-0.4, -0.2) is 4.57 Å². The molecule has 4 aromatic carbocycles. The van der Waals surface area contributed by atoms with Gasteiger partial charge in [0.2, 0.25) is 0 Å². The molecular weight excluding hydrogens is 490 g/mol. The first-order valence-electron chi connectivity index (χ1n) is 13.9. The molecule has 186 valence electrons. The summed E-state index contributed by atoms with van der Waals surface area (Å²) in [6.45, 7) is 4.75. The van der Waals surface area contributed by atoms with Crippen molar-refractivity contribution in [3.63, 3.8) is 0 Å². The van der Waals surface area contributed by atoms with Gasteiger partial charge in [0, 0.05) is 49.2 Å². The van der Waals surface area contributed by atoms with Gasteiger partial charge in [-0.3, -0.25) is 0 Å². The Morgan fingerprint density at radius 3 is 2.44 bits per heavy atom. The van der Waals surface area contributed by atoms with E-state index in [1.165, 1.54) is 69.9 Å². The highest BCUT2D eigenvalue weighted by molar-refractivity contribution is 7.26. The fourth-order valence-electron chi connectivity index (χ4n) is 7.44. The number of hydrogen-bond donors (Lipinski definition) is 0. The van der Waals surface area contributed by atoms with Crippen molar-refractivity contribution in [3.05, 3.63) is 126 Å². The monoisotopic (exact) mass is 517 g/mol. The maximum atomic E-state index is 2.56. The van der Waals surface area contributed by atoms with Crippen LogP contribution < -0.4 is 0 Å². The van der Waals surface area contributed by atoms with Crippen LogP contribution in [0.1, 0.15) is 25.0 Å². The van der Waals surface area contributed by atoms with E-state index in [4.69, 9.17) is 0 Å². The molecule has 2 heterocycles. The zero-order valence-electron chi connectivity index (χ0n) is 22.0. The molecule has 0 N–H and O–H groups in total. The quantitative estimate of drug-likeness (QED) is 0.204. The summed E-state index contributed by atoms with van der Waals surface area (Å²) in [5, 5.41) is 5.43. The second-order valence-electron chi connectivity index (χ2n) is 11.7. The molecule has 2 aromatic heterocycles. The Labute approximate surface area is 231 Å². The lowest BCUT2D eigenvalue weighted by molar-refractivity contribution is 0.659. The molecule has 2 unspecified atom stereocenters. The number of allylic oxidation sites excluding steroid dienone is 8. The van der Waals surface area contributed by atoms with Crippen molar-refractivity contribution in [3.8, 4) is 11.1 Å². The molecule has 39 heavy (non-hydrogen) atoms. The van der Waals surface area contributed by atoms with Gasteiger partial charge < -0.3 is 4.57 Å². The Bertz CT molecular complexity index is 2160. The smallest absolute Gasteiger partial charge is 0.0719 e. The van der Waals surface area contributed by atoms with Crippen molar-refractivity contribution in [2.75, 3.05) is 0 Å². The van der Waals surface area contributed by atoms with Crippen molar-refractivity contribution in [1.29, 1.82) is 0 Å². The molecule has 6 aromatic rings. The second-order valence-corrected chi connectivity index (χ2v) is 12.8. The average molecular weight is 518 g/mol. The van der Waals surface area contributed by atoms with Gasteiger partial charge in [0.05, 0.1) is 15.7 Å². The molecule has 0 spiro atoms. The van der Waals surface area contributed by atoms with Gasteiger partial charge in [0.1, 0.15) is 0 Å². The van der Waals surface area contributed by atoms with Crippen LogP contribution in [0.5, 0.6) is 0 Å². The first-order valence-corrected chi connectivity index (χ1v) is 14.7. The van der Waals surface area contributed by atoms with E-state index in [1.807, 2.05) is 11.3 Å². The van der Waals surface area contributed by atoms with Gasteiger partial charge >= 0.3 is 0 Å². The van der Waals surface area contributed by atoms with Crippen LogP contribution >= 0.6 is 11.3 Å². The van der Waals surface area contributed by atoms with Crippen molar-refractivity contribution in [1.82, 2.24) is 4.57 Å². The Hall–Kier alpha value is -4.14. The first kappa shape index (κ1) is 21.8. The van der Waals surface area contributed by atoms with Gasteiger partial charge in [-0.05, 0) is 40.5 Å². The average Bonchev–Trinajstić information content (AvgIpc) is 3.59. The highest BCUT2D eigenvalue weighted by atomic mass is 32.1. The van der Waals surface area contributed by atoms with Crippen molar-refractivity contribution < 1.29 is 0 Å². The minimum absolute atomic E-state index is 0.0211. The van der Waals surface area contributed by atoms with Gasteiger partial charge in [-0.1, -0.05) is 111 Å². The van der Waals surface area contributed by atoms with E-state index >= 15 is 0 Å². The summed E-state index contributed by atoms with van der Waals surface area (Å²) < 4.78 is 5.29. The fraction of sp³-hybridized carbons (Fsp3) is 0.135. The normalized spacial score (nSPS) is 20.6. The lowest BCUT2D eigenvalue weighted by Crippen LogP contribution is -2.14. The van der Waals surface area contributed by atoms with Gasteiger partial charge in [-0.25, -0.2) is 0 Å². The Balaban J connectivity index is 1.48. The van der Waals surface area contributed by atoms with E-state index in [0.717, 1.165) is 0 Å². The molecule has 0 aliphatic heterocycles. The first-order chi connectivity index (χ1) is 19.1. The standard InChI is InChI=1S/C37H27NS/c1-37(2)29-13-7-5-12-27(29)33-30(37)19-20-31-34(33)28-18-17-26-25-11-6-8-14-32(25)39-36(26)35(28)38(31)24-16-15-22-9-3-4-10-23(22)21-24/h3-23H,1-2H3. The van der Waals surface area contributed by atoms with E-state index in [2.05, 4.69) is 134 Å². The summed E-state index contributed by atoms with van der Waals surface area (Å²) in [6.07, 6.45) is 16.2. The lowest BCUT2D eigenvalue weighted by atomic mass is 9.82. The largest absolute Gasteiger partial charge is 0.308 e. The SMILES string of the molecule is CC1(C)c2ccccc2-c2c1ccc1c2c2ccc3c4ccccc4sc3c2n1C1=CC2C=CC=CC2C=C1. The Morgan fingerprint density at radius 2 is 1.51 bits per heavy atom. The predicted octanol–water partition coefficient (Wildman–Crippen LogP) is 10.2. The predicted molar refractivity (Wildman–Crippen MR) is 169 cm³/mol. The molecule has 0 radical (unpaired) electrons. The minimum Gasteiger partial charge on any atom is -0.308 e. The van der Waals surface area contributed by atoms with Gasteiger partial charge in [0.25, 0.3) is 0 Å². The Morgan fingerprint density at radius 1 is 0.718 bits per heavy atom. The van der Waals surface area contributed by atoms with E-state index in [1.54, 1.807) is 0 Å². The molecular formula is C37H27NS. The number of benzene rings is 4. The number of hydrogen-bond acceptors (Lipinski definition) is 1. The molecule has 0 amide bonds. The van der Waals surface area contributed by atoms with Crippen molar-refractivity contribution in [2.45, 2.75) is 19.3 Å². The molecule has 0 fully saturated rings. The molecule has 9 rings (SSSR count). The molecule has 0 bridgehead atoms. The van der Waals surface area contributed by atoms with Crippen LogP contribution in [0.3, 0.4) is 0 Å². The highest BCUT2D eigenvalue weighted by Gasteiger charge is 2.37. The highest BCUT2D eigenvalue weighted by Crippen LogP contribution is 2.54. The molecule has 2 atom stereocenters. The summed E-state index contributed by atoms with van der Waals surface area (Å²) in [6, 6.07) is 27.4. The third kappa shape index (κ3) is 2.75. The molecule has 3 aliphatic rings. The molecule has 3 aliphatic carbocycles. The summed E-state index contributed by atoms with van der Waals surface area (Å²) in [7, 11) is 0. The number of thiophene rings is 1. The maximum absolute atomic E-state index is 2.56. The van der Waals surface area contributed by atoms with E-state index < -0.39 is 0 Å². The molecule has 0 saturated heterocycles. The van der Waals surface area contributed by atoms with Crippen LogP contribution in [0.2, 0.25) is 0 Å². The molecule has 0 saturated carbocycles. The number of nitrogens with zero attached hydrogens (tertiary/aromatic N) is 1. The van der Waals surface area contributed by atoms with E-state index in [9.17, 15) is 0 Å². The molecule has 1 nitrogen and oxygen atoms in total. The van der Waals surface area contributed by atoms with E-state index in [0.29, 0.717) is 11.8 Å². The molecule has 2 heteroatoms. The number of rotatable bonds is 1. The number of aromatic nitrogens is 1. The summed E-state index contributed by atoms with van der Waals surface area (Å²) in [4.78, 5) is 0. The zero-order chi connectivity index (χ0) is 25.9. The third-order valence-electron chi connectivity index (χ3n) is 9.31. The number of fused-ring (bicyclic) bond motifs is 12. The van der Waals surface area contributed by atoms with Crippen molar-refractivity contribution >= 4 is 59.0 Å². The summed E-state index contributed by atoms with van der Waals surface area (Å²) >= 11 is 1.93. The summed E-state index contributed by atoms with van der Waals surface area (Å²) in [5.74, 6) is 0.825. The van der Waals surface area contributed by atoms with Crippen LogP contribution in [0.4, 0.5) is 0 Å².